The summed E-state index contributed by atoms with van der Waals surface area (Å²) in [6.45, 7) is 4.47. The second kappa shape index (κ2) is 9.34. The molecule has 2 N–H and O–H groups in total. The van der Waals surface area contributed by atoms with Crippen LogP contribution in [0.4, 0.5) is 0 Å². The predicted molar refractivity (Wildman–Crippen MR) is 61.5 cm³/mol. The molecule has 0 saturated carbocycles. The Morgan fingerprint density at radius 2 is 2.29 bits per heavy atom. The molecule has 14 heavy (non-hydrogen) atoms. The number of rotatable bonds is 8. The first-order valence-corrected chi connectivity index (χ1v) is 6.34. The molecule has 0 aliphatic rings. The van der Waals surface area contributed by atoms with Gasteiger partial charge < -0.3 is 10.4 Å². The smallest absolute Gasteiger partial charge is 0.223 e. The minimum atomic E-state index is 0.0153. The molecule has 0 rings (SSSR count). The number of aliphatic hydroxyl groups excluding tert-OH is 1. The lowest BCUT2D eigenvalue weighted by Gasteiger charge is -2.10. The van der Waals surface area contributed by atoms with Crippen LogP contribution in [0.2, 0.25) is 0 Å². The first-order valence-electron chi connectivity index (χ1n) is 5.18. The van der Waals surface area contributed by atoms with Crippen LogP contribution < -0.4 is 5.32 Å². The number of nitrogens with one attached hydrogen (secondary N) is 1. The van der Waals surface area contributed by atoms with E-state index in [1.807, 2.05) is 18.7 Å². The van der Waals surface area contributed by atoms with Crippen molar-refractivity contribution in [1.82, 2.24) is 5.32 Å². The molecule has 0 radical (unpaired) electrons. The monoisotopic (exact) mass is 219 g/mol. The first kappa shape index (κ1) is 13.8. The number of aliphatic hydroxyl groups is 1. The van der Waals surface area contributed by atoms with Crippen molar-refractivity contribution in [3.63, 3.8) is 0 Å². The Bertz CT molecular complexity index is 153. The third kappa shape index (κ3) is 7.21. The van der Waals surface area contributed by atoms with Gasteiger partial charge in [0, 0.05) is 18.2 Å². The molecular weight excluding hydrogens is 198 g/mol. The second-order valence-electron chi connectivity index (χ2n) is 3.34. The zero-order valence-corrected chi connectivity index (χ0v) is 9.90. The van der Waals surface area contributed by atoms with Gasteiger partial charge in [0.25, 0.3) is 0 Å². The fourth-order valence-electron chi connectivity index (χ4n) is 0.936. The second-order valence-corrected chi connectivity index (χ2v) is 4.49. The van der Waals surface area contributed by atoms with E-state index in [0.29, 0.717) is 6.54 Å². The zero-order chi connectivity index (χ0) is 10.8. The van der Waals surface area contributed by atoms with Gasteiger partial charge in [0.05, 0.1) is 6.61 Å². The molecule has 0 aromatic heterocycles. The Morgan fingerprint density at radius 1 is 1.57 bits per heavy atom. The van der Waals surface area contributed by atoms with Crippen molar-refractivity contribution in [2.24, 2.45) is 5.92 Å². The van der Waals surface area contributed by atoms with E-state index in [9.17, 15) is 4.79 Å². The molecule has 0 spiro atoms. The van der Waals surface area contributed by atoms with Gasteiger partial charge in [-0.05, 0) is 12.2 Å². The number of amides is 1. The molecule has 0 aliphatic heterocycles. The van der Waals surface area contributed by atoms with Crippen LogP contribution in [-0.4, -0.2) is 35.7 Å². The van der Waals surface area contributed by atoms with Gasteiger partial charge in [-0.3, -0.25) is 4.79 Å². The van der Waals surface area contributed by atoms with Crippen LogP contribution in [0.3, 0.4) is 0 Å². The van der Waals surface area contributed by atoms with Crippen LogP contribution in [0.1, 0.15) is 26.7 Å². The molecule has 0 fully saturated rings. The van der Waals surface area contributed by atoms with Gasteiger partial charge in [-0.25, -0.2) is 0 Å². The molecule has 1 amide bonds. The van der Waals surface area contributed by atoms with Gasteiger partial charge in [-0.1, -0.05) is 20.3 Å². The van der Waals surface area contributed by atoms with Crippen molar-refractivity contribution >= 4 is 17.7 Å². The van der Waals surface area contributed by atoms with Crippen molar-refractivity contribution in [2.75, 3.05) is 24.7 Å². The number of hydrogen-bond donors (Lipinski definition) is 2. The molecular formula is C10H21NO2S. The van der Waals surface area contributed by atoms with Crippen LogP contribution in [0.25, 0.3) is 0 Å². The average molecular weight is 219 g/mol. The fourth-order valence-corrected chi connectivity index (χ4v) is 2.10. The number of carbonyl (C=O) groups is 1. The molecule has 84 valence electrons. The van der Waals surface area contributed by atoms with Crippen LogP contribution in [0, 0.1) is 5.92 Å². The summed E-state index contributed by atoms with van der Waals surface area (Å²) in [5.41, 5.74) is 0. The largest absolute Gasteiger partial charge is 0.395 e. The maximum Gasteiger partial charge on any atom is 0.223 e. The third-order valence-corrected chi connectivity index (χ3v) is 3.18. The molecule has 4 heteroatoms. The highest BCUT2D eigenvalue weighted by Gasteiger charge is 2.11. The van der Waals surface area contributed by atoms with E-state index in [-0.39, 0.29) is 18.4 Å². The van der Waals surface area contributed by atoms with Crippen molar-refractivity contribution < 1.29 is 9.90 Å². The average Bonchev–Trinajstić information content (AvgIpc) is 2.20. The minimum Gasteiger partial charge on any atom is -0.395 e. The summed E-state index contributed by atoms with van der Waals surface area (Å²) in [5, 5.41) is 11.2. The lowest BCUT2D eigenvalue weighted by Crippen LogP contribution is -2.32. The molecule has 0 saturated heterocycles. The quantitative estimate of drug-likeness (QED) is 0.604. The highest BCUT2D eigenvalue weighted by atomic mass is 32.2. The third-order valence-electron chi connectivity index (χ3n) is 1.87. The standard InChI is InChI=1S/C10H21NO2S/c1-3-4-7-14-8-9(2)10(13)11-5-6-12/h9,12H,3-8H2,1-2H3,(H,11,13). The Hall–Kier alpha value is -0.220. The molecule has 1 unspecified atom stereocenters. The minimum absolute atomic E-state index is 0.0153. The van der Waals surface area contributed by atoms with E-state index in [4.69, 9.17) is 5.11 Å². The maximum absolute atomic E-state index is 11.3. The van der Waals surface area contributed by atoms with E-state index < -0.39 is 0 Å². The van der Waals surface area contributed by atoms with E-state index in [1.165, 1.54) is 12.8 Å². The Labute approximate surface area is 90.7 Å². The Balaban J connectivity index is 3.42. The number of carbonyl (C=O) groups excluding carboxylic acids is 1. The number of unbranched alkanes of at least 4 members (excludes halogenated alkanes) is 1. The van der Waals surface area contributed by atoms with Gasteiger partial charge >= 0.3 is 0 Å². The van der Waals surface area contributed by atoms with Gasteiger partial charge in [0.2, 0.25) is 5.91 Å². The normalized spacial score (nSPS) is 12.5. The van der Waals surface area contributed by atoms with Crippen LogP contribution >= 0.6 is 11.8 Å². The van der Waals surface area contributed by atoms with Crippen LogP contribution in [-0.2, 0) is 4.79 Å². The van der Waals surface area contributed by atoms with Gasteiger partial charge in [-0.15, -0.1) is 0 Å². The number of thioether (sulfide) groups is 1. The summed E-state index contributed by atoms with van der Waals surface area (Å²) in [4.78, 5) is 11.3. The zero-order valence-electron chi connectivity index (χ0n) is 9.08. The summed E-state index contributed by atoms with van der Waals surface area (Å²) in [7, 11) is 0. The summed E-state index contributed by atoms with van der Waals surface area (Å²) >= 11 is 1.82. The number of hydrogen-bond acceptors (Lipinski definition) is 3. The topological polar surface area (TPSA) is 49.3 Å². The summed E-state index contributed by atoms with van der Waals surface area (Å²) < 4.78 is 0. The molecule has 0 bridgehead atoms. The van der Waals surface area contributed by atoms with Crippen molar-refractivity contribution in [1.29, 1.82) is 0 Å². The Morgan fingerprint density at radius 3 is 2.86 bits per heavy atom. The molecule has 0 aromatic rings. The maximum atomic E-state index is 11.3. The summed E-state index contributed by atoms with van der Waals surface area (Å²) in [5.74, 6) is 2.09. The first-order chi connectivity index (χ1) is 6.72. The fraction of sp³-hybridized carbons (Fsp3) is 0.900. The van der Waals surface area contributed by atoms with E-state index >= 15 is 0 Å². The lowest BCUT2D eigenvalue weighted by molar-refractivity contribution is -0.123. The van der Waals surface area contributed by atoms with Crippen molar-refractivity contribution in [2.45, 2.75) is 26.7 Å². The van der Waals surface area contributed by atoms with Gasteiger partial charge in [-0.2, -0.15) is 11.8 Å². The Kier molecular flexibility index (Phi) is 9.19. The molecule has 1 atom stereocenters. The molecule has 0 heterocycles. The predicted octanol–water partition coefficient (Wildman–Crippen LogP) is 1.26. The highest BCUT2D eigenvalue weighted by molar-refractivity contribution is 7.99. The molecule has 0 aromatic carbocycles. The van der Waals surface area contributed by atoms with E-state index in [2.05, 4.69) is 12.2 Å². The van der Waals surface area contributed by atoms with Gasteiger partial charge in [0.15, 0.2) is 0 Å². The van der Waals surface area contributed by atoms with Crippen molar-refractivity contribution in [3.05, 3.63) is 0 Å². The van der Waals surface area contributed by atoms with Crippen LogP contribution in [0.15, 0.2) is 0 Å². The highest BCUT2D eigenvalue weighted by Crippen LogP contribution is 2.10. The van der Waals surface area contributed by atoms with E-state index in [0.717, 1.165) is 11.5 Å². The molecule has 3 nitrogen and oxygen atoms in total. The van der Waals surface area contributed by atoms with E-state index in [1.54, 1.807) is 0 Å². The summed E-state index contributed by atoms with van der Waals surface area (Å²) in [6, 6.07) is 0. The van der Waals surface area contributed by atoms with Gasteiger partial charge in [0.1, 0.15) is 0 Å². The van der Waals surface area contributed by atoms with Crippen LogP contribution in [0.5, 0.6) is 0 Å². The lowest BCUT2D eigenvalue weighted by atomic mass is 10.2. The SMILES string of the molecule is CCCCSCC(C)C(=O)NCCO. The molecule has 0 aliphatic carbocycles. The van der Waals surface area contributed by atoms with Crippen molar-refractivity contribution in [3.8, 4) is 0 Å². The summed E-state index contributed by atoms with van der Waals surface area (Å²) in [6.07, 6.45) is 2.42.